The van der Waals surface area contributed by atoms with Gasteiger partial charge in [-0.05, 0) is 36.2 Å². The lowest BCUT2D eigenvalue weighted by atomic mass is 10.0. The minimum Gasteiger partial charge on any atom is -0.494 e. The third-order valence-corrected chi connectivity index (χ3v) is 3.58. The SMILES string of the molecule is CCCOc1ccc([C@@H](CC(=O)O)NC(=O)COc2ccccc2)cc1. The van der Waals surface area contributed by atoms with Crippen LogP contribution in [-0.4, -0.2) is 30.2 Å². The zero-order valence-corrected chi connectivity index (χ0v) is 14.7. The highest BCUT2D eigenvalue weighted by molar-refractivity contribution is 5.79. The molecule has 0 heterocycles. The number of hydrogen-bond acceptors (Lipinski definition) is 4. The highest BCUT2D eigenvalue weighted by atomic mass is 16.5. The molecule has 0 unspecified atom stereocenters. The number of nitrogens with one attached hydrogen (secondary N) is 1. The Kier molecular flexibility index (Phi) is 7.49. The summed E-state index contributed by atoms with van der Waals surface area (Å²) in [6.07, 6.45) is 0.688. The summed E-state index contributed by atoms with van der Waals surface area (Å²) >= 11 is 0. The molecule has 0 saturated carbocycles. The van der Waals surface area contributed by atoms with Crippen molar-refractivity contribution in [2.75, 3.05) is 13.2 Å². The molecule has 0 saturated heterocycles. The van der Waals surface area contributed by atoms with E-state index in [-0.39, 0.29) is 18.9 Å². The van der Waals surface area contributed by atoms with Crippen LogP contribution in [0.5, 0.6) is 11.5 Å². The molecule has 26 heavy (non-hydrogen) atoms. The first-order valence-corrected chi connectivity index (χ1v) is 8.50. The molecule has 1 amide bonds. The first-order valence-electron chi connectivity index (χ1n) is 8.50. The van der Waals surface area contributed by atoms with Crippen molar-refractivity contribution in [1.82, 2.24) is 5.32 Å². The van der Waals surface area contributed by atoms with Crippen molar-refractivity contribution in [2.45, 2.75) is 25.8 Å². The Labute approximate surface area is 152 Å². The topological polar surface area (TPSA) is 84.9 Å². The number of benzene rings is 2. The Morgan fingerprint density at radius 1 is 1.00 bits per heavy atom. The number of carboxylic acids is 1. The second kappa shape index (κ2) is 10.1. The van der Waals surface area contributed by atoms with Crippen LogP contribution in [0.4, 0.5) is 0 Å². The van der Waals surface area contributed by atoms with E-state index in [1.807, 2.05) is 25.1 Å². The van der Waals surface area contributed by atoms with Crippen molar-refractivity contribution in [1.29, 1.82) is 0 Å². The fraction of sp³-hybridized carbons (Fsp3) is 0.300. The average molecular weight is 357 g/mol. The molecule has 0 aliphatic heterocycles. The van der Waals surface area contributed by atoms with E-state index in [1.165, 1.54) is 0 Å². The molecular formula is C20H23NO5. The van der Waals surface area contributed by atoms with Gasteiger partial charge in [0.2, 0.25) is 0 Å². The monoisotopic (exact) mass is 357 g/mol. The summed E-state index contributed by atoms with van der Waals surface area (Å²) in [7, 11) is 0. The minimum absolute atomic E-state index is 0.183. The Hall–Kier alpha value is -3.02. The van der Waals surface area contributed by atoms with E-state index in [1.54, 1.807) is 36.4 Å². The zero-order valence-electron chi connectivity index (χ0n) is 14.7. The van der Waals surface area contributed by atoms with E-state index in [0.717, 1.165) is 6.42 Å². The molecule has 0 aliphatic carbocycles. The van der Waals surface area contributed by atoms with Gasteiger partial charge in [-0.15, -0.1) is 0 Å². The third-order valence-electron chi connectivity index (χ3n) is 3.58. The van der Waals surface area contributed by atoms with Crippen LogP contribution in [0.2, 0.25) is 0 Å². The van der Waals surface area contributed by atoms with Crippen LogP contribution in [0.15, 0.2) is 54.6 Å². The van der Waals surface area contributed by atoms with Crippen molar-refractivity contribution in [3.63, 3.8) is 0 Å². The smallest absolute Gasteiger partial charge is 0.305 e. The van der Waals surface area contributed by atoms with Gasteiger partial charge in [0.25, 0.3) is 5.91 Å². The van der Waals surface area contributed by atoms with Crippen molar-refractivity contribution < 1.29 is 24.2 Å². The molecule has 6 heteroatoms. The van der Waals surface area contributed by atoms with Crippen molar-refractivity contribution in [3.8, 4) is 11.5 Å². The molecule has 2 rings (SSSR count). The largest absolute Gasteiger partial charge is 0.494 e. The van der Waals surface area contributed by atoms with Gasteiger partial charge in [-0.2, -0.15) is 0 Å². The lowest BCUT2D eigenvalue weighted by Gasteiger charge is -2.18. The van der Waals surface area contributed by atoms with E-state index < -0.39 is 12.0 Å². The standard InChI is InChI=1S/C20H23NO5/c1-2-12-25-17-10-8-15(9-11-17)18(13-20(23)24)21-19(22)14-26-16-6-4-3-5-7-16/h3-11,18H,2,12-14H2,1H3,(H,21,22)(H,23,24)/t18-/m1/s1. The molecule has 138 valence electrons. The van der Waals surface area contributed by atoms with Crippen LogP contribution in [0.3, 0.4) is 0 Å². The van der Waals surface area contributed by atoms with Crippen LogP contribution in [0, 0.1) is 0 Å². The number of rotatable bonds is 10. The first kappa shape index (κ1) is 19.3. The van der Waals surface area contributed by atoms with E-state index in [2.05, 4.69) is 5.32 Å². The minimum atomic E-state index is -0.995. The number of carbonyl (C=O) groups excluding carboxylic acids is 1. The van der Waals surface area contributed by atoms with Crippen molar-refractivity contribution >= 4 is 11.9 Å². The summed E-state index contributed by atoms with van der Waals surface area (Å²) in [5, 5.41) is 11.8. The average Bonchev–Trinajstić information content (AvgIpc) is 2.65. The van der Waals surface area contributed by atoms with Gasteiger partial charge in [0, 0.05) is 0 Å². The van der Waals surface area contributed by atoms with Gasteiger partial charge >= 0.3 is 5.97 Å². The molecule has 2 N–H and O–H groups in total. The summed E-state index contributed by atoms with van der Waals surface area (Å²) in [4.78, 5) is 23.3. The van der Waals surface area contributed by atoms with Crippen LogP contribution in [0.25, 0.3) is 0 Å². The predicted molar refractivity (Wildman–Crippen MR) is 97.3 cm³/mol. The molecule has 0 fully saturated rings. The highest BCUT2D eigenvalue weighted by Crippen LogP contribution is 2.21. The van der Waals surface area contributed by atoms with Crippen LogP contribution >= 0.6 is 0 Å². The number of carbonyl (C=O) groups is 2. The lowest BCUT2D eigenvalue weighted by Crippen LogP contribution is -2.33. The van der Waals surface area contributed by atoms with E-state index in [9.17, 15) is 9.59 Å². The molecule has 0 aromatic heterocycles. The van der Waals surface area contributed by atoms with E-state index in [0.29, 0.717) is 23.7 Å². The highest BCUT2D eigenvalue weighted by Gasteiger charge is 2.18. The van der Waals surface area contributed by atoms with Crippen LogP contribution in [0.1, 0.15) is 31.4 Å². The maximum Gasteiger partial charge on any atom is 0.305 e. The van der Waals surface area contributed by atoms with Gasteiger partial charge in [0.05, 0.1) is 19.1 Å². The Bertz CT molecular complexity index is 700. The third kappa shape index (κ3) is 6.47. The summed E-state index contributed by atoms with van der Waals surface area (Å²) < 4.78 is 10.9. The van der Waals surface area contributed by atoms with Gasteiger partial charge in [0.15, 0.2) is 6.61 Å². The normalized spacial score (nSPS) is 11.4. The number of hydrogen-bond donors (Lipinski definition) is 2. The molecule has 0 bridgehead atoms. The lowest BCUT2D eigenvalue weighted by molar-refractivity contribution is -0.137. The molecule has 2 aromatic rings. The number of carboxylic acid groups (broad SMARTS) is 1. The van der Waals surface area contributed by atoms with Gasteiger partial charge < -0.3 is 19.9 Å². The Morgan fingerprint density at radius 2 is 1.65 bits per heavy atom. The van der Waals surface area contributed by atoms with Gasteiger partial charge in [-0.1, -0.05) is 37.3 Å². The zero-order chi connectivity index (χ0) is 18.8. The quantitative estimate of drug-likeness (QED) is 0.682. The molecule has 6 nitrogen and oxygen atoms in total. The van der Waals surface area contributed by atoms with E-state index in [4.69, 9.17) is 14.6 Å². The van der Waals surface area contributed by atoms with Gasteiger partial charge in [-0.25, -0.2) is 0 Å². The molecule has 1 atom stereocenters. The molecule has 2 aromatic carbocycles. The number of para-hydroxylation sites is 1. The maximum atomic E-state index is 12.1. The fourth-order valence-electron chi connectivity index (χ4n) is 2.34. The number of amides is 1. The number of aliphatic carboxylic acids is 1. The van der Waals surface area contributed by atoms with Crippen molar-refractivity contribution in [3.05, 3.63) is 60.2 Å². The summed E-state index contributed by atoms with van der Waals surface area (Å²) in [6.45, 7) is 2.45. The van der Waals surface area contributed by atoms with Crippen molar-refractivity contribution in [2.24, 2.45) is 0 Å². The molecular weight excluding hydrogens is 334 g/mol. The van der Waals surface area contributed by atoms with Crippen LogP contribution in [-0.2, 0) is 9.59 Å². The van der Waals surface area contributed by atoms with Crippen LogP contribution < -0.4 is 14.8 Å². The number of ether oxygens (including phenoxy) is 2. The molecule has 0 aliphatic rings. The summed E-state index contributed by atoms with van der Waals surface area (Å²) in [5.41, 5.74) is 0.698. The summed E-state index contributed by atoms with van der Waals surface area (Å²) in [5.74, 6) is -0.0877. The molecule has 0 spiro atoms. The second-order valence-electron chi connectivity index (χ2n) is 5.74. The first-order chi connectivity index (χ1) is 12.6. The second-order valence-corrected chi connectivity index (χ2v) is 5.74. The van der Waals surface area contributed by atoms with Gasteiger partial charge in [0.1, 0.15) is 11.5 Å². The molecule has 0 radical (unpaired) electrons. The Balaban J connectivity index is 1.97. The van der Waals surface area contributed by atoms with E-state index >= 15 is 0 Å². The Morgan fingerprint density at radius 3 is 2.27 bits per heavy atom. The van der Waals surface area contributed by atoms with Gasteiger partial charge in [-0.3, -0.25) is 9.59 Å². The predicted octanol–water partition coefficient (Wildman–Crippen LogP) is 3.19. The maximum absolute atomic E-state index is 12.1. The summed E-state index contributed by atoms with van der Waals surface area (Å²) in [6, 6.07) is 15.4. The fourth-order valence-corrected chi connectivity index (χ4v) is 2.34.